The van der Waals surface area contributed by atoms with Gasteiger partial charge < -0.3 is 0 Å². The van der Waals surface area contributed by atoms with Crippen LogP contribution in [0, 0.1) is 0 Å². The molecule has 0 spiro atoms. The molecule has 0 radical (unpaired) electrons. The van der Waals surface area contributed by atoms with E-state index >= 15 is 0 Å². The molecule has 0 unspecified atom stereocenters. The predicted molar refractivity (Wildman–Crippen MR) is 36.0 cm³/mol. The van der Waals surface area contributed by atoms with E-state index in [0.29, 0.717) is 0 Å². The van der Waals surface area contributed by atoms with E-state index in [0.717, 1.165) is 0 Å². The van der Waals surface area contributed by atoms with Gasteiger partial charge in [-0.3, -0.25) is 0 Å². The van der Waals surface area contributed by atoms with Gasteiger partial charge in [-0.2, -0.15) is 0 Å². The molecule has 0 bridgehead atoms. The van der Waals surface area contributed by atoms with Crippen LogP contribution in [0.25, 0.3) is 0 Å². The van der Waals surface area contributed by atoms with Crippen LogP contribution in [0.4, 0.5) is 0 Å². The zero-order valence-corrected chi connectivity index (χ0v) is 8.15. The molecule has 0 aliphatic heterocycles. The van der Waals surface area contributed by atoms with E-state index in [-0.39, 0.29) is 0 Å². The van der Waals surface area contributed by atoms with Crippen LogP contribution >= 0.6 is 0 Å². The van der Waals surface area contributed by atoms with Crippen LogP contribution in [0.3, 0.4) is 0 Å². The first-order valence-corrected chi connectivity index (χ1v) is 9.33. The van der Waals surface area contributed by atoms with E-state index in [9.17, 15) is 0 Å². The van der Waals surface area contributed by atoms with Crippen molar-refractivity contribution in [2.75, 3.05) is 19.2 Å². The Morgan fingerprint density at radius 1 is 1.29 bits per heavy atom. The summed E-state index contributed by atoms with van der Waals surface area (Å²) in [7, 11) is 4.29. The van der Waals surface area contributed by atoms with E-state index in [2.05, 4.69) is 30.0 Å². The van der Waals surface area contributed by atoms with Crippen molar-refractivity contribution >= 4 is 16.2 Å². The summed E-state index contributed by atoms with van der Waals surface area (Å²) in [6, 6.07) is 0. The summed E-state index contributed by atoms with van der Waals surface area (Å²) < 4.78 is 0. The zero-order chi connectivity index (χ0) is 5.86. The maximum absolute atomic E-state index is 2.41. The van der Waals surface area contributed by atoms with E-state index < -0.39 is 16.2 Å². The second-order valence-electron chi connectivity index (χ2n) is 2.66. The van der Waals surface area contributed by atoms with Gasteiger partial charge in [0.2, 0.25) is 0 Å². The van der Waals surface area contributed by atoms with Crippen molar-refractivity contribution in [2.24, 2.45) is 0 Å². The molecule has 0 atom stereocenters. The van der Waals surface area contributed by atoms with Crippen LogP contribution in [0.2, 0.25) is 11.0 Å². The first kappa shape index (κ1) is 7.60. The Kier molecular flexibility index (Phi) is 3.89. The summed E-state index contributed by atoms with van der Waals surface area (Å²) in [5, 5.41) is 1.38. The van der Waals surface area contributed by atoms with Crippen LogP contribution in [0.1, 0.15) is 0 Å². The van der Waals surface area contributed by atoms with Crippen LogP contribution in [-0.2, 0) is 0 Å². The Bertz CT molecular complexity index is 37.3. The van der Waals surface area contributed by atoms with E-state index in [1.807, 2.05) is 0 Å². The molecule has 0 saturated heterocycles. The molecule has 0 fully saturated rings. The fourth-order valence-electron chi connectivity index (χ4n) is 0.730. The Hall–Kier alpha value is 0.596. The minimum atomic E-state index is -0.689. The normalized spacial score (nSPS) is 9.86. The summed E-state index contributed by atoms with van der Waals surface area (Å²) in [6.45, 7) is 0. The molecule has 0 rings (SSSR count). The molecule has 0 aliphatic rings. The van der Waals surface area contributed by atoms with Crippen molar-refractivity contribution in [3.05, 3.63) is 0 Å². The van der Waals surface area contributed by atoms with Gasteiger partial charge in [0.1, 0.15) is 0 Å². The summed E-state index contributed by atoms with van der Waals surface area (Å²) in [5.74, 6) is 0. The van der Waals surface area contributed by atoms with Crippen molar-refractivity contribution in [3.8, 4) is 0 Å². The number of rotatable bonds is 2. The van der Waals surface area contributed by atoms with Gasteiger partial charge in [-0.1, -0.05) is 0 Å². The first-order valence-electron chi connectivity index (χ1n) is 2.77. The van der Waals surface area contributed by atoms with Gasteiger partial charge in [0.05, 0.1) is 0 Å². The molecular weight excluding hydrogens is 144 g/mol. The van der Waals surface area contributed by atoms with Crippen LogP contribution in [0.15, 0.2) is 0 Å². The van der Waals surface area contributed by atoms with Gasteiger partial charge in [0.15, 0.2) is 0 Å². The maximum atomic E-state index is 2.41. The second kappa shape index (κ2) is 3.58. The zero-order valence-electron chi connectivity index (χ0n) is 5.73. The molecule has 0 aromatic rings. The summed E-state index contributed by atoms with van der Waals surface area (Å²) >= 11 is -0.689. The monoisotopic (exact) mass is 157 g/mol. The van der Waals surface area contributed by atoms with Crippen LogP contribution in [0.5, 0.6) is 0 Å². The third-order valence-electron chi connectivity index (χ3n) is 0.730. The second-order valence-corrected chi connectivity index (χ2v) is 9.27. The minimum absolute atomic E-state index is 0.689. The molecule has 0 N–H and O–H groups in total. The Balaban J connectivity index is 2.95. The van der Waals surface area contributed by atoms with Crippen molar-refractivity contribution < 1.29 is 0 Å². The molecule has 0 aromatic heterocycles. The molecular formula is C5H14GaN. The summed E-state index contributed by atoms with van der Waals surface area (Å²) in [6.07, 6.45) is 0. The molecule has 0 aromatic carbocycles. The quantitative estimate of drug-likeness (QED) is 0.538. The van der Waals surface area contributed by atoms with E-state index in [4.69, 9.17) is 0 Å². The number of nitrogens with zero attached hydrogens (tertiary/aromatic N) is 1. The summed E-state index contributed by atoms with van der Waals surface area (Å²) in [5.41, 5.74) is 4.82. The SMILES string of the molecule is CN(C)[CH2][Ga]([CH3])[CH3]. The Morgan fingerprint density at radius 3 is 1.71 bits per heavy atom. The van der Waals surface area contributed by atoms with Gasteiger partial charge in [-0.25, -0.2) is 0 Å². The Labute approximate surface area is 51.7 Å². The molecule has 0 heterocycles. The van der Waals surface area contributed by atoms with Crippen molar-refractivity contribution in [1.82, 2.24) is 4.90 Å². The van der Waals surface area contributed by atoms with Crippen LogP contribution in [-0.4, -0.2) is 40.3 Å². The predicted octanol–water partition coefficient (Wildman–Crippen LogP) is 0.842. The van der Waals surface area contributed by atoms with Crippen molar-refractivity contribution in [1.29, 1.82) is 0 Å². The number of hydrogen-bond acceptors (Lipinski definition) is 1. The molecule has 1 nitrogen and oxygen atoms in total. The topological polar surface area (TPSA) is 3.24 Å². The molecule has 0 saturated carbocycles. The molecule has 0 aliphatic carbocycles. The van der Waals surface area contributed by atoms with Gasteiger partial charge in [-0.15, -0.1) is 0 Å². The fourth-order valence-corrected chi connectivity index (χ4v) is 3.79. The first-order chi connectivity index (χ1) is 3.13. The summed E-state index contributed by atoms with van der Waals surface area (Å²) in [4.78, 5) is 2.28. The molecule has 42 valence electrons. The Morgan fingerprint density at radius 2 is 1.71 bits per heavy atom. The average Bonchev–Trinajstić information content (AvgIpc) is 1.27. The van der Waals surface area contributed by atoms with Gasteiger partial charge in [0.25, 0.3) is 0 Å². The molecule has 0 amide bonds. The molecule has 7 heavy (non-hydrogen) atoms. The average molecular weight is 158 g/mol. The van der Waals surface area contributed by atoms with Gasteiger partial charge in [-0.05, 0) is 0 Å². The third kappa shape index (κ3) is 6.60. The standard InChI is InChI=1S/C3H8N.2CH3.Ga/c1-4(2)3;;;/h1H2,2-3H3;2*1H3;. The van der Waals surface area contributed by atoms with Gasteiger partial charge >= 0.3 is 51.3 Å². The van der Waals surface area contributed by atoms with Crippen LogP contribution < -0.4 is 0 Å². The van der Waals surface area contributed by atoms with E-state index in [1.165, 1.54) is 5.10 Å². The molecule has 2 heteroatoms. The van der Waals surface area contributed by atoms with Gasteiger partial charge in [0, 0.05) is 0 Å². The van der Waals surface area contributed by atoms with E-state index in [1.54, 1.807) is 0 Å². The van der Waals surface area contributed by atoms with Crippen molar-refractivity contribution in [2.45, 2.75) is 11.0 Å². The van der Waals surface area contributed by atoms with Crippen molar-refractivity contribution in [3.63, 3.8) is 0 Å². The fraction of sp³-hybridized carbons (Fsp3) is 1.00. The number of hydrogen-bond donors (Lipinski definition) is 0. The third-order valence-corrected chi connectivity index (χ3v) is 3.79.